The van der Waals surface area contributed by atoms with Crippen LogP contribution in [0, 0.1) is 11.8 Å². The lowest BCUT2D eigenvalue weighted by Gasteiger charge is -2.26. The van der Waals surface area contributed by atoms with Gasteiger partial charge in [0.25, 0.3) is 5.56 Å². The van der Waals surface area contributed by atoms with E-state index in [-0.39, 0.29) is 17.2 Å². The van der Waals surface area contributed by atoms with Crippen molar-refractivity contribution in [2.75, 3.05) is 18.8 Å². The molecule has 1 amide bonds. The Hall–Kier alpha value is -1.60. The Bertz CT molecular complexity index is 814. The van der Waals surface area contributed by atoms with Crippen molar-refractivity contribution >= 4 is 39.2 Å². The third kappa shape index (κ3) is 5.20. The molecule has 0 aromatic carbocycles. The summed E-state index contributed by atoms with van der Waals surface area (Å²) in [5.74, 6) is 1.20. The number of aromatic nitrogens is 2. The second kappa shape index (κ2) is 9.37. The van der Waals surface area contributed by atoms with Gasteiger partial charge >= 0.3 is 0 Å². The summed E-state index contributed by atoms with van der Waals surface area (Å²) in [5.41, 5.74) is -0.0766. The number of thiophene rings is 1. The number of carbonyl (C=O) groups is 1. The van der Waals surface area contributed by atoms with Gasteiger partial charge in [0.2, 0.25) is 5.91 Å². The second-order valence-electron chi connectivity index (χ2n) is 7.11. The summed E-state index contributed by atoms with van der Waals surface area (Å²) < 4.78 is 1.59. The average Bonchev–Trinajstić information content (AvgIpc) is 3.03. The third-order valence-corrected chi connectivity index (χ3v) is 5.48. The molecule has 2 rings (SSSR count). The van der Waals surface area contributed by atoms with Crippen molar-refractivity contribution in [1.29, 1.82) is 0 Å². The van der Waals surface area contributed by atoms with E-state index in [2.05, 4.69) is 39.3 Å². The minimum Gasteiger partial charge on any atom is -0.341 e. The molecule has 0 aliphatic rings. The van der Waals surface area contributed by atoms with Crippen molar-refractivity contribution in [1.82, 2.24) is 14.5 Å². The van der Waals surface area contributed by atoms with E-state index in [4.69, 9.17) is 0 Å². The highest BCUT2D eigenvalue weighted by Crippen LogP contribution is 2.22. The predicted octanol–water partition coefficient (Wildman–Crippen LogP) is 3.88. The molecule has 142 valence electrons. The Balaban J connectivity index is 2.21. The van der Waals surface area contributed by atoms with Crippen LogP contribution in [0.5, 0.6) is 0 Å². The highest BCUT2D eigenvalue weighted by molar-refractivity contribution is 7.99. The molecule has 0 radical (unpaired) electrons. The summed E-state index contributed by atoms with van der Waals surface area (Å²) in [7, 11) is 0. The van der Waals surface area contributed by atoms with Crippen LogP contribution in [0.15, 0.2) is 34.1 Å². The van der Waals surface area contributed by atoms with Crippen LogP contribution in [-0.2, 0) is 11.3 Å². The molecule has 0 aliphatic heterocycles. The maximum absolute atomic E-state index is 12.7. The SMILES string of the molecule is C=CCn1c(SCC(=O)N(CC(C)C)CC(C)C)nc2sccc2c1=O. The van der Waals surface area contributed by atoms with Crippen molar-refractivity contribution in [3.63, 3.8) is 0 Å². The number of hydrogen-bond donors (Lipinski definition) is 0. The van der Waals surface area contributed by atoms with Gasteiger partial charge in [-0.25, -0.2) is 4.98 Å². The summed E-state index contributed by atoms with van der Waals surface area (Å²) in [6, 6.07) is 1.79. The second-order valence-corrected chi connectivity index (χ2v) is 8.95. The molecule has 2 aromatic rings. The van der Waals surface area contributed by atoms with E-state index in [1.165, 1.54) is 23.1 Å². The Morgan fingerprint density at radius 3 is 2.58 bits per heavy atom. The van der Waals surface area contributed by atoms with Crippen LogP contribution < -0.4 is 5.56 Å². The smallest absolute Gasteiger partial charge is 0.263 e. The molecule has 0 bridgehead atoms. The van der Waals surface area contributed by atoms with Gasteiger partial charge in [0, 0.05) is 19.6 Å². The summed E-state index contributed by atoms with van der Waals surface area (Å²) in [6.07, 6.45) is 1.68. The summed E-state index contributed by atoms with van der Waals surface area (Å²) in [5, 5.41) is 3.06. The molecule has 2 aromatic heterocycles. The van der Waals surface area contributed by atoms with E-state index < -0.39 is 0 Å². The molecule has 5 nitrogen and oxygen atoms in total. The molecule has 7 heteroatoms. The Morgan fingerprint density at radius 1 is 1.35 bits per heavy atom. The highest BCUT2D eigenvalue weighted by atomic mass is 32.2. The minimum absolute atomic E-state index is 0.0766. The Labute approximate surface area is 163 Å². The van der Waals surface area contributed by atoms with Crippen LogP contribution in [0.2, 0.25) is 0 Å². The molecule has 0 spiro atoms. The van der Waals surface area contributed by atoms with Gasteiger partial charge in [-0.2, -0.15) is 0 Å². The lowest BCUT2D eigenvalue weighted by atomic mass is 10.1. The fraction of sp³-hybridized carbons (Fsp3) is 0.526. The van der Waals surface area contributed by atoms with E-state index in [1.54, 1.807) is 16.7 Å². The summed E-state index contributed by atoms with van der Waals surface area (Å²) in [6.45, 7) is 14.1. The monoisotopic (exact) mass is 393 g/mol. The number of rotatable bonds is 9. The van der Waals surface area contributed by atoms with E-state index >= 15 is 0 Å². The first-order chi connectivity index (χ1) is 12.3. The lowest BCUT2D eigenvalue weighted by Crippen LogP contribution is -2.38. The van der Waals surface area contributed by atoms with Gasteiger partial charge in [0.1, 0.15) is 4.83 Å². The van der Waals surface area contributed by atoms with Crippen molar-refractivity contribution in [2.24, 2.45) is 11.8 Å². The van der Waals surface area contributed by atoms with Crippen LogP contribution in [0.3, 0.4) is 0 Å². The van der Waals surface area contributed by atoms with Gasteiger partial charge in [0.05, 0.1) is 11.1 Å². The number of hydrogen-bond acceptors (Lipinski definition) is 5. The molecule has 0 atom stereocenters. The third-order valence-electron chi connectivity index (χ3n) is 3.71. The number of thioether (sulfide) groups is 1. The fourth-order valence-corrected chi connectivity index (χ4v) is 4.42. The van der Waals surface area contributed by atoms with Crippen molar-refractivity contribution in [2.45, 2.75) is 39.4 Å². The highest BCUT2D eigenvalue weighted by Gasteiger charge is 2.18. The maximum Gasteiger partial charge on any atom is 0.263 e. The van der Waals surface area contributed by atoms with Crippen LogP contribution in [0.4, 0.5) is 0 Å². The topological polar surface area (TPSA) is 55.2 Å². The zero-order valence-electron chi connectivity index (χ0n) is 15.9. The largest absolute Gasteiger partial charge is 0.341 e. The van der Waals surface area contributed by atoms with Crippen LogP contribution >= 0.6 is 23.1 Å². The zero-order valence-corrected chi connectivity index (χ0v) is 17.5. The van der Waals surface area contributed by atoms with Crippen molar-refractivity contribution in [3.05, 3.63) is 34.5 Å². The summed E-state index contributed by atoms with van der Waals surface area (Å²) >= 11 is 2.77. The van der Waals surface area contributed by atoms with Gasteiger partial charge in [-0.15, -0.1) is 17.9 Å². The average molecular weight is 394 g/mol. The molecule has 0 fully saturated rings. The lowest BCUT2D eigenvalue weighted by molar-refractivity contribution is -0.129. The van der Waals surface area contributed by atoms with E-state index in [0.717, 1.165) is 13.1 Å². The molecular formula is C19H27N3O2S2. The number of fused-ring (bicyclic) bond motifs is 1. The molecule has 26 heavy (non-hydrogen) atoms. The van der Waals surface area contributed by atoms with Gasteiger partial charge in [-0.3, -0.25) is 14.2 Å². The van der Waals surface area contributed by atoms with Gasteiger partial charge in [-0.1, -0.05) is 45.5 Å². The first kappa shape index (κ1) is 20.7. The fourth-order valence-electron chi connectivity index (χ4n) is 2.71. The maximum atomic E-state index is 12.7. The zero-order chi connectivity index (χ0) is 19.3. The number of carbonyl (C=O) groups excluding carboxylic acids is 1. The van der Waals surface area contributed by atoms with E-state index in [9.17, 15) is 9.59 Å². The van der Waals surface area contributed by atoms with Crippen molar-refractivity contribution < 1.29 is 4.79 Å². The number of nitrogens with zero attached hydrogens (tertiary/aromatic N) is 3. The molecule has 0 aliphatic carbocycles. The van der Waals surface area contributed by atoms with Crippen LogP contribution in [0.25, 0.3) is 10.2 Å². The molecule has 0 N–H and O–H groups in total. The Kier molecular flexibility index (Phi) is 7.46. The van der Waals surface area contributed by atoms with Gasteiger partial charge in [-0.05, 0) is 23.3 Å². The van der Waals surface area contributed by atoms with Crippen molar-refractivity contribution in [3.8, 4) is 0 Å². The first-order valence-electron chi connectivity index (χ1n) is 8.83. The molecule has 0 saturated heterocycles. The quantitative estimate of drug-likeness (QED) is 0.369. The predicted molar refractivity (Wildman–Crippen MR) is 111 cm³/mol. The standard InChI is InChI=1S/C19H27N3O2S2/c1-6-8-22-18(24)15-7-9-25-17(15)20-19(22)26-12-16(23)21(10-13(2)3)11-14(4)5/h6-7,9,13-14H,1,8,10-12H2,2-5H3. The summed E-state index contributed by atoms with van der Waals surface area (Å²) in [4.78, 5) is 32.6. The van der Waals surface area contributed by atoms with Crippen LogP contribution in [0.1, 0.15) is 27.7 Å². The number of allylic oxidation sites excluding steroid dienone is 1. The minimum atomic E-state index is -0.0766. The normalized spacial score (nSPS) is 11.5. The molecule has 2 heterocycles. The van der Waals surface area contributed by atoms with Crippen LogP contribution in [-0.4, -0.2) is 39.2 Å². The molecule has 0 unspecified atom stereocenters. The van der Waals surface area contributed by atoms with Gasteiger partial charge < -0.3 is 4.90 Å². The molecular weight excluding hydrogens is 366 g/mol. The van der Waals surface area contributed by atoms with E-state index in [1.807, 2.05) is 10.3 Å². The Morgan fingerprint density at radius 2 is 2.00 bits per heavy atom. The molecule has 0 saturated carbocycles. The first-order valence-corrected chi connectivity index (χ1v) is 10.7. The van der Waals surface area contributed by atoms with Gasteiger partial charge in [0.15, 0.2) is 5.16 Å². The number of amides is 1. The van der Waals surface area contributed by atoms with E-state index in [0.29, 0.717) is 33.8 Å².